The van der Waals surface area contributed by atoms with Crippen LogP contribution in [0.15, 0.2) is 104 Å². The summed E-state index contributed by atoms with van der Waals surface area (Å²) in [7, 11) is 0. The second-order valence-electron chi connectivity index (χ2n) is 5.13. The Bertz CT molecular complexity index is 646. The van der Waals surface area contributed by atoms with Crippen LogP contribution in [0.1, 0.15) is 16.7 Å². The Morgan fingerprint density at radius 3 is 1.25 bits per heavy atom. The minimum atomic E-state index is -0.863. The molecule has 0 aliphatic rings. The third-order valence-corrected chi connectivity index (χ3v) is 3.78. The smallest absolute Gasteiger partial charge is 0.190 e. The summed E-state index contributed by atoms with van der Waals surface area (Å²) in [5.74, 6) is 0. The molecular weight excluding hydrogens is 312 g/mol. The second-order valence-corrected chi connectivity index (χ2v) is 5.13. The Labute approximate surface area is 147 Å². The van der Waals surface area contributed by atoms with Crippen molar-refractivity contribution in [2.75, 3.05) is 0 Å². The minimum Gasteiger partial charge on any atom is -0.345 e. The molecule has 0 heterocycles. The summed E-state index contributed by atoms with van der Waals surface area (Å²) in [5.41, 5.74) is 2.09. The molecule has 3 aromatic rings. The largest absolute Gasteiger partial charge is 0.345 e. The van der Waals surface area contributed by atoms with Gasteiger partial charge in [-0.05, 0) is 27.7 Å². The highest BCUT2D eigenvalue weighted by Gasteiger charge is 2.39. The maximum atomic E-state index is 5.92. The summed E-state index contributed by atoms with van der Waals surface area (Å²) in [6, 6.07) is 30.1. The van der Waals surface area contributed by atoms with Crippen LogP contribution in [-0.2, 0) is 15.4 Å². The van der Waals surface area contributed by atoms with Crippen LogP contribution in [-0.4, -0.2) is 11.0 Å². The van der Waals surface area contributed by atoms with Crippen LogP contribution in [0.25, 0.3) is 0 Å². The predicted octanol–water partition coefficient (Wildman–Crippen LogP) is 3.62. The molecule has 3 heteroatoms. The summed E-state index contributed by atoms with van der Waals surface area (Å²) >= 11 is 0. The number of benzene rings is 3. The van der Waals surface area contributed by atoms with E-state index in [1.165, 1.54) is 6.26 Å². The van der Waals surface area contributed by atoms with Crippen LogP contribution in [0.4, 0.5) is 0 Å². The molecule has 0 bridgehead atoms. The molecule has 0 aliphatic carbocycles. The highest BCUT2D eigenvalue weighted by atomic mass is 28.1. The van der Waals surface area contributed by atoms with Gasteiger partial charge in [0.05, 0.1) is 0 Å². The van der Waals surface area contributed by atoms with Gasteiger partial charge in [-0.1, -0.05) is 97.6 Å². The van der Waals surface area contributed by atoms with Gasteiger partial charge in [-0.15, -0.1) is 0 Å². The molecule has 0 fully saturated rings. The molecular formula is C21H22O2Si. The summed E-state index contributed by atoms with van der Waals surface area (Å²) in [4.78, 5) is 11.1. The zero-order chi connectivity index (χ0) is 16.0. The standard InChI is InChI=1S/C21H18O2.H4Si/c1-2-22-23-21(18-12-6-3-7-13-18,19-14-8-4-9-15-19)20-16-10-5-11-17-20;/h2-17H,1H2;1H4. The molecule has 122 valence electrons. The van der Waals surface area contributed by atoms with Crippen LogP contribution in [0.2, 0.25) is 0 Å². The molecule has 3 aromatic carbocycles. The van der Waals surface area contributed by atoms with Gasteiger partial charge in [0.2, 0.25) is 0 Å². The van der Waals surface area contributed by atoms with Crippen molar-refractivity contribution in [3.8, 4) is 0 Å². The van der Waals surface area contributed by atoms with Gasteiger partial charge in [-0.25, -0.2) is 0 Å². The minimum absolute atomic E-state index is 0. The van der Waals surface area contributed by atoms with E-state index in [0.29, 0.717) is 0 Å². The predicted molar refractivity (Wildman–Crippen MR) is 103 cm³/mol. The zero-order valence-corrected chi connectivity index (χ0v) is 12.8. The van der Waals surface area contributed by atoms with Crippen molar-refractivity contribution in [2.45, 2.75) is 5.60 Å². The van der Waals surface area contributed by atoms with Crippen molar-refractivity contribution in [3.05, 3.63) is 121 Å². The first kappa shape index (κ1) is 17.7. The van der Waals surface area contributed by atoms with Gasteiger partial charge < -0.3 is 4.89 Å². The first-order valence-corrected chi connectivity index (χ1v) is 7.50. The Morgan fingerprint density at radius 1 is 0.625 bits per heavy atom. The lowest BCUT2D eigenvalue weighted by atomic mass is 9.80. The summed E-state index contributed by atoms with van der Waals surface area (Å²) in [6.07, 6.45) is 1.30. The lowest BCUT2D eigenvalue weighted by Gasteiger charge is -2.33. The molecule has 2 nitrogen and oxygen atoms in total. The van der Waals surface area contributed by atoms with E-state index in [2.05, 4.69) is 6.58 Å². The molecule has 0 aliphatic heterocycles. The van der Waals surface area contributed by atoms with Gasteiger partial charge in [-0.3, -0.25) is 0 Å². The van der Waals surface area contributed by atoms with Gasteiger partial charge in [0.1, 0.15) is 6.26 Å². The fourth-order valence-corrected chi connectivity index (χ4v) is 2.77. The molecule has 0 N–H and O–H groups in total. The van der Waals surface area contributed by atoms with Crippen molar-refractivity contribution in [2.24, 2.45) is 0 Å². The summed E-state index contributed by atoms with van der Waals surface area (Å²) in [5, 5.41) is 0. The monoisotopic (exact) mass is 334 g/mol. The van der Waals surface area contributed by atoms with Crippen molar-refractivity contribution in [3.63, 3.8) is 0 Å². The quantitative estimate of drug-likeness (QED) is 0.225. The molecule has 0 unspecified atom stereocenters. The molecule has 24 heavy (non-hydrogen) atoms. The van der Waals surface area contributed by atoms with E-state index in [9.17, 15) is 0 Å². The average Bonchev–Trinajstić information content (AvgIpc) is 2.65. The average molecular weight is 334 g/mol. The molecule has 0 spiro atoms. The lowest BCUT2D eigenvalue weighted by Crippen LogP contribution is -2.32. The van der Waals surface area contributed by atoms with Crippen LogP contribution < -0.4 is 0 Å². The molecule has 0 amide bonds. The van der Waals surface area contributed by atoms with Crippen LogP contribution in [0.3, 0.4) is 0 Å². The molecule has 0 saturated carbocycles. The first-order valence-electron chi connectivity index (χ1n) is 7.50. The Hall–Kier alpha value is -2.62. The first-order chi connectivity index (χ1) is 11.4. The highest BCUT2D eigenvalue weighted by Crippen LogP contribution is 2.40. The summed E-state index contributed by atoms with van der Waals surface area (Å²) < 4.78 is 0. The summed E-state index contributed by atoms with van der Waals surface area (Å²) in [6.45, 7) is 3.60. The van der Waals surface area contributed by atoms with E-state index >= 15 is 0 Å². The Morgan fingerprint density at radius 2 is 0.958 bits per heavy atom. The van der Waals surface area contributed by atoms with Crippen LogP contribution in [0.5, 0.6) is 0 Å². The zero-order valence-electron chi connectivity index (χ0n) is 12.8. The normalized spacial score (nSPS) is 10.5. The molecule has 3 rings (SSSR count). The van der Waals surface area contributed by atoms with Gasteiger partial charge >= 0.3 is 0 Å². The highest BCUT2D eigenvalue weighted by molar-refractivity contribution is 5.75. The third kappa shape index (κ3) is 3.32. The maximum Gasteiger partial charge on any atom is 0.190 e. The Balaban J connectivity index is 0.00000208. The van der Waals surface area contributed by atoms with E-state index < -0.39 is 5.60 Å². The number of hydrogen-bond acceptors (Lipinski definition) is 2. The van der Waals surface area contributed by atoms with E-state index in [-0.39, 0.29) is 11.0 Å². The Kier molecular flexibility index (Phi) is 6.12. The third-order valence-electron chi connectivity index (χ3n) is 3.78. The second kappa shape index (κ2) is 8.29. The lowest BCUT2D eigenvalue weighted by molar-refractivity contribution is -0.305. The fourth-order valence-electron chi connectivity index (χ4n) is 2.77. The van der Waals surface area contributed by atoms with Crippen LogP contribution >= 0.6 is 0 Å². The van der Waals surface area contributed by atoms with E-state index in [1.54, 1.807) is 0 Å². The van der Waals surface area contributed by atoms with E-state index in [1.807, 2.05) is 91.0 Å². The van der Waals surface area contributed by atoms with Crippen LogP contribution in [0, 0.1) is 0 Å². The van der Waals surface area contributed by atoms with E-state index in [0.717, 1.165) is 16.7 Å². The van der Waals surface area contributed by atoms with Crippen molar-refractivity contribution < 1.29 is 9.78 Å². The number of rotatable bonds is 6. The van der Waals surface area contributed by atoms with Gasteiger partial charge in [-0.2, -0.15) is 4.89 Å². The van der Waals surface area contributed by atoms with Gasteiger partial charge in [0.15, 0.2) is 5.60 Å². The topological polar surface area (TPSA) is 18.5 Å². The van der Waals surface area contributed by atoms with Crippen molar-refractivity contribution in [1.29, 1.82) is 0 Å². The maximum absolute atomic E-state index is 5.92. The molecule has 0 atom stereocenters. The van der Waals surface area contributed by atoms with Crippen molar-refractivity contribution >= 4 is 11.0 Å². The SMILES string of the molecule is C=COOC(c1ccccc1)(c1ccccc1)c1ccccc1.[SiH4]. The fraction of sp³-hybridized carbons (Fsp3) is 0.0476. The molecule has 0 aromatic heterocycles. The molecule has 0 saturated heterocycles. The van der Waals surface area contributed by atoms with Crippen molar-refractivity contribution in [1.82, 2.24) is 0 Å². The molecule has 0 radical (unpaired) electrons. The van der Waals surface area contributed by atoms with Gasteiger partial charge in [0, 0.05) is 0 Å². The van der Waals surface area contributed by atoms with E-state index in [4.69, 9.17) is 9.78 Å². The van der Waals surface area contributed by atoms with Gasteiger partial charge in [0.25, 0.3) is 0 Å². The number of hydrogen-bond donors (Lipinski definition) is 0.